The summed E-state index contributed by atoms with van der Waals surface area (Å²) in [4.78, 5) is 8.90. The van der Waals surface area contributed by atoms with Crippen molar-refractivity contribution >= 4 is 24.4 Å². The molecule has 3 N–H and O–H groups in total. The zero-order valence-electron chi connectivity index (χ0n) is 12.5. The summed E-state index contributed by atoms with van der Waals surface area (Å²) >= 11 is 5.36. The van der Waals surface area contributed by atoms with Crippen molar-refractivity contribution in [2.45, 2.75) is 38.9 Å². The lowest BCUT2D eigenvalue weighted by Gasteiger charge is -2.23. The zero-order chi connectivity index (χ0) is 17.2. The molecular formula is C11H22F3N2O4PS. The van der Waals surface area contributed by atoms with Crippen LogP contribution in [0, 0.1) is 0 Å². The first-order chi connectivity index (χ1) is 10.1. The molecule has 0 aromatic heterocycles. The lowest BCUT2D eigenvalue weighted by Crippen LogP contribution is -2.33. The van der Waals surface area contributed by atoms with E-state index in [1.807, 2.05) is 13.8 Å². The number of alkyl halides is 3. The van der Waals surface area contributed by atoms with E-state index >= 15 is 0 Å². The molecule has 132 valence electrons. The van der Waals surface area contributed by atoms with E-state index in [2.05, 4.69) is 10.4 Å². The molecule has 1 heterocycles. The Kier molecular flexibility index (Phi) is 10.4. The second-order valence-corrected chi connectivity index (χ2v) is 7.56. The molecule has 0 bridgehead atoms. The Morgan fingerprint density at radius 1 is 1.41 bits per heavy atom. The topological polar surface area (TPSA) is 79.8 Å². The van der Waals surface area contributed by atoms with Crippen molar-refractivity contribution in [1.82, 2.24) is 10.4 Å². The molecule has 0 amide bonds. The molecule has 0 aromatic rings. The van der Waals surface area contributed by atoms with Crippen molar-refractivity contribution < 1.29 is 32.1 Å². The Bertz CT molecular complexity index is 369. The van der Waals surface area contributed by atoms with Gasteiger partial charge in [-0.05, 0) is 45.0 Å². The molecule has 1 aliphatic heterocycles. The molecular weight excluding hydrogens is 344 g/mol. The summed E-state index contributed by atoms with van der Waals surface area (Å²) in [6.07, 6.45) is -2.63. The average molecular weight is 366 g/mol. The Morgan fingerprint density at radius 2 is 1.91 bits per heavy atom. The van der Waals surface area contributed by atoms with E-state index in [0.717, 1.165) is 13.1 Å². The van der Waals surface area contributed by atoms with Gasteiger partial charge in [-0.3, -0.25) is 0 Å². The molecule has 0 spiro atoms. The molecule has 1 atom stereocenters. The minimum atomic E-state index is -5.08. The van der Waals surface area contributed by atoms with Crippen molar-refractivity contribution in [3.05, 3.63) is 0 Å². The minimum absolute atomic E-state index is 0.522. The third-order valence-corrected chi connectivity index (χ3v) is 5.32. The van der Waals surface area contributed by atoms with E-state index < -0.39 is 18.8 Å². The highest BCUT2D eigenvalue weighted by molar-refractivity contribution is 8.08. The number of rotatable bonds is 7. The van der Waals surface area contributed by atoms with Gasteiger partial charge in [0, 0.05) is 12.6 Å². The van der Waals surface area contributed by atoms with E-state index in [1.165, 1.54) is 12.8 Å². The van der Waals surface area contributed by atoms with Crippen LogP contribution in [0.1, 0.15) is 26.7 Å². The summed E-state index contributed by atoms with van der Waals surface area (Å²) in [7, 11) is 0. The minimum Gasteiger partial charge on any atom is -0.475 e. The first-order valence-corrected chi connectivity index (χ1v) is 9.46. The number of aliphatic carboxylic acids is 1. The largest absolute Gasteiger partial charge is 0.490 e. The van der Waals surface area contributed by atoms with Crippen LogP contribution in [0.15, 0.2) is 0 Å². The molecule has 1 rings (SSSR count). The molecule has 6 nitrogen and oxygen atoms in total. The van der Waals surface area contributed by atoms with Gasteiger partial charge < -0.3 is 19.5 Å². The summed E-state index contributed by atoms with van der Waals surface area (Å²) in [5.41, 5.74) is 0. The maximum Gasteiger partial charge on any atom is 0.490 e. The Hall–Kier alpha value is -0.250. The van der Waals surface area contributed by atoms with Crippen molar-refractivity contribution in [3.63, 3.8) is 0 Å². The summed E-state index contributed by atoms with van der Waals surface area (Å²) in [6, 6.07) is 0.522. The zero-order valence-corrected chi connectivity index (χ0v) is 14.2. The Morgan fingerprint density at radius 3 is 2.23 bits per heavy atom. The Balaban J connectivity index is 0.000000534. The van der Waals surface area contributed by atoms with E-state index in [-0.39, 0.29) is 0 Å². The van der Waals surface area contributed by atoms with E-state index in [0.29, 0.717) is 19.3 Å². The van der Waals surface area contributed by atoms with Gasteiger partial charge in [0.2, 0.25) is 0 Å². The molecule has 1 fully saturated rings. The molecule has 0 unspecified atom stereocenters. The number of carboxylic acids is 1. The summed E-state index contributed by atoms with van der Waals surface area (Å²) in [5, 5.41) is 13.8. The fraction of sp³-hybridized carbons (Fsp3) is 0.909. The molecule has 0 saturated carbocycles. The number of carboxylic acid groups (broad SMARTS) is 1. The van der Waals surface area contributed by atoms with Crippen LogP contribution in [0.2, 0.25) is 0 Å². The fourth-order valence-electron chi connectivity index (χ4n) is 1.62. The lowest BCUT2D eigenvalue weighted by atomic mass is 10.2. The van der Waals surface area contributed by atoms with Gasteiger partial charge in [0.15, 0.2) is 0 Å². The third-order valence-electron chi connectivity index (χ3n) is 2.53. The highest BCUT2D eigenvalue weighted by Crippen LogP contribution is 2.43. The second-order valence-electron chi connectivity index (χ2n) is 4.29. The normalized spacial score (nSPS) is 18.7. The number of hydrogen-bond donors (Lipinski definition) is 3. The van der Waals surface area contributed by atoms with Crippen LogP contribution >= 0.6 is 6.64 Å². The summed E-state index contributed by atoms with van der Waals surface area (Å²) < 4.78 is 42.7. The van der Waals surface area contributed by atoms with Crippen LogP contribution in [0.25, 0.3) is 0 Å². The maximum absolute atomic E-state index is 10.6. The maximum atomic E-state index is 10.6. The van der Waals surface area contributed by atoms with Crippen LogP contribution in [0.3, 0.4) is 0 Å². The van der Waals surface area contributed by atoms with Crippen molar-refractivity contribution in [3.8, 4) is 0 Å². The predicted molar refractivity (Wildman–Crippen MR) is 80.3 cm³/mol. The van der Waals surface area contributed by atoms with Crippen molar-refractivity contribution in [1.29, 1.82) is 0 Å². The molecule has 11 heteroatoms. The van der Waals surface area contributed by atoms with E-state index in [9.17, 15) is 13.2 Å². The SMILES string of the molecule is CCOP(=S)(NC[C@@H]1CCCN1)OCC.O=C(O)C(F)(F)F. The van der Waals surface area contributed by atoms with Gasteiger partial charge in [0.25, 0.3) is 6.64 Å². The van der Waals surface area contributed by atoms with Gasteiger partial charge in [-0.25, -0.2) is 9.88 Å². The van der Waals surface area contributed by atoms with Gasteiger partial charge in [-0.15, -0.1) is 0 Å². The van der Waals surface area contributed by atoms with Crippen molar-refractivity contribution in [2.24, 2.45) is 0 Å². The van der Waals surface area contributed by atoms with Crippen LogP contribution in [-0.4, -0.2) is 49.6 Å². The smallest absolute Gasteiger partial charge is 0.475 e. The van der Waals surface area contributed by atoms with Gasteiger partial charge in [0.1, 0.15) is 0 Å². The third kappa shape index (κ3) is 9.70. The van der Waals surface area contributed by atoms with Crippen LogP contribution in [-0.2, 0) is 25.6 Å². The molecule has 22 heavy (non-hydrogen) atoms. The number of nitrogens with one attached hydrogen (secondary N) is 2. The monoisotopic (exact) mass is 366 g/mol. The predicted octanol–water partition coefficient (Wildman–Crippen LogP) is 2.26. The standard InChI is InChI=1S/C9H21N2O2PS.C2HF3O2/c1-3-12-14(15,13-4-2)11-8-9-6-5-7-10-9;3-2(4,5)1(6)7/h9-10H,3-8H2,1-2H3,(H,11,15);(H,6,7)/t9-;/m0./s1. The molecule has 0 aromatic carbocycles. The molecule has 0 radical (unpaired) electrons. The van der Waals surface area contributed by atoms with Gasteiger partial charge >= 0.3 is 12.1 Å². The highest BCUT2D eigenvalue weighted by Gasteiger charge is 2.38. The number of hydrogen-bond acceptors (Lipinski definition) is 5. The summed E-state index contributed by atoms with van der Waals surface area (Å²) in [5.74, 6) is -2.76. The van der Waals surface area contributed by atoms with Gasteiger partial charge in [-0.1, -0.05) is 0 Å². The van der Waals surface area contributed by atoms with Crippen LogP contribution in [0.4, 0.5) is 13.2 Å². The van der Waals surface area contributed by atoms with E-state index in [4.69, 9.17) is 30.8 Å². The molecule has 0 aliphatic carbocycles. The Labute approximate surface area is 133 Å². The first kappa shape index (κ1) is 21.8. The van der Waals surface area contributed by atoms with Gasteiger partial charge in [-0.2, -0.15) is 13.2 Å². The van der Waals surface area contributed by atoms with Crippen molar-refractivity contribution in [2.75, 3.05) is 26.3 Å². The molecule has 1 aliphatic rings. The number of halogens is 3. The van der Waals surface area contributed by atoms with E-state index in [1.54, 1.807) is 0 Å². The first-order valence-electron chi connectivity index (χ1n) is 6.82. The van der Waals surface area contributed by atoms with Crippen LogP contribution in [0.5, 0.6) is 0 Å². The average Bonchev–Trinajstić information content (AvgIpc) is 2.90. The van der Waals surface area contributed by atoms with Crippen LogP contribution < -0.4 is 10.4 Å². The number of carbonyl (C=O) groups is 1. The quantitative estimate of drug-likeness (QED) is 0.597. The second kappa shape index (κ2) is 10.5. The summed E-state index contributed by atoms with van der Waals surface area (Å²) in [6.45, 7) is 4.80. The highest BCUT2D eigenvalue weighted by atomic mass is 32.5. The molecule has 1 saturated heterocycles. The lowest BCUT2D eigenvalue weighted by molar-refractivity contribution is -0.192. The van der Waals surface area contributed by atoms with Gasteiger partial charge in [0.05, 0.1) is 13.2 Å². The fourth-order valence-corrected chi connectivity index (χ4v) is 3.86.